The van der Waals surface area contributed by atoms with E-state index in [-0.39, 0.29) is 0 Å². The van der Waals surface area contributed by atoms with Gasteiger partial charge in [0.25, 0.3) is 0 Å². The standard InChI is InChI=1S/C29H32ClF3N3O2/c1-38-28(37)25-22(18-36(15-3-2-4-16-36)21-11-13-34-14-12-21)27(35-24-10-6-9-23(30)26(24)25)19-7-5-8-20(17-19)29(31,32)33/h5-10,17,21,34H,2-4,11-16,18H2,1H3/q+1. The van der Waals surface area contributed by atoms with Gasteiger partial charge in [0.15, 0.2) is 0 Å². The summed E-state index contributed by atoms with van der Waals surface area (Å²) < 4.78 is 47.2. The molecule has 3 aromatic rings. The maximum absolute atomic E-state index is 13.7. The lowest BCUT2D eigenvalue weighted by atomic mass is 9.91. The van der Waals surface area contributed by atoms with Crippen LogP contribution < -0.4 is 5.32 Å². The molecule has 2 aliphatic rings. The molecular formula is C29H32ClF3N3O2+. The van der Waals surface area contributed by atoms with Gasteiger partial charge in [0.05, 0.1) is 53.6 Å². The summed E-state index contributed by atoms with van der Waals surface area (Å²) >= 11 is 6.63. The highest BCUT2D eigenvalue weighted by atomic mass is 35.5. The SMILES string of the molecule is COC(=O)c1c(C[N+]2(C3CCNCC3)CCCCC2)c(-c2cccc(C(F)(F)F)c2)nc2cccc(Cl)c12. The van der Waals surface area contributed by atoms with E-state index in [1.54, 1.807) is 24.3 Å². The number of hydrogen-bond acceptors (Lipinski definition) is 4. The number of aromatic nitrogens is 1. The molecule has 3 heterocycles. The van der Waals surface area contributed by atoms with E-state index in [0.29, 0.717) is 50.9 Å². The lowest BCUT2D eigenvalue weighted by Crippen LogP contribution is -2.60. The molecule has 0 radical (unpaired) electrons. The zero-order chi connectivity index (χ0) is 26.9. The van der Waals surface area contributed by atoms with Crippen molar-refractivity contribution >= 4 is 28.5 Å². The quantitative estimate of drug-likeness (QED) is 0.289. The summed E-state index contributed by atoms with van der Waals surface area (Å²) in [6, 6.07) is 10.7. The van der Waals surface area contributed by atoms with E-state index in [1.165, 1.54) is 13.2 Å². The number of halogens is 4. The highest BCUT2D eigenvalue weighted by Gasteiger charge is 2.41. The monoisotopic (exact) mass is 546 g/mol. The second kappa shape index (κ2) is 10.8. The normalized spacial score (nSPS) is 18.4. The molecule has 2 aliphatic heterocycles. The van der Waals surface area contributed by atoms with Crippen molar-refractivity contribution in [1.29, 1.82) is 0 Å². The van der Waals surface area contributed by atoms with Gasteiger partial charge in [-0.15, -0.1) is 0 Å². The lowest BCUT2D eigenvalue weighted by molar-refractivity contribution is -0.968. The van der Waals surface area contributed by atoms with Crippen LogP contribution >= 0.6 is 11.6 Å². The molecule has 2 fully saturated rings. The number of piperidine rings is 2. The fourth-order valence-corrected chi connectivity index (χ4v) is 6.60. The first-order valence-corrected chi connectivity index (χ1v) is 13.5. The van der Waals surface area contributed by atoms with E-state index in [0.717, 1.165) is 74.9 Å². The Morgan fingerprint density at radius 2 is 1.82 bits per heavy atom. The van der Waals surface area contributed by atoms with Crippen LogP contribution in [0.25, 0.3) is 22.2 Å². The molecule has 0 amide bonds. The van der Waals surface area contributed by atoms with Crippen LogP contribution in [-0.4, -0.2) is 54.8 Å². The topological polar surface area (TPSA) is 51.2 Å². The summed E-state index contributed by atoms with van der Waals surface area (Å²) in [7, 11) is 1.32. The number of rotatable bonds is 5. The molecule has 0 unspecified atom stereocenters. The molecule has 1 aromatic heterocycles. The van der Waals surface area contributed by atoms with Crippen molar-refractivity contribution < 1.29 is 27.2 Å². The minimum absolute atomic E-state index is 0.299. The third kappa shape index (κ3) is 5.14. The minimum Gasteiger partial charge on any atom is -0.465 e. The van der Waals surface area contributed by atoms with Crippen molar-refractivity contribution in [2.24, 2.45) is 0 Å². The van der Waals surface area contributed by atoms with E-state index in [4.69, 9.17) is 21.3 Å². The van der Waals surface area contributed by atoms with Crippen molar-refractivity contribution in [2.45, 2.75) is 50.9 Å². The smallest absolute Gasteiger partial charge is 0.416 e. The summed E-state index contributed by atoms with van der Waals surface area (Å²) in [5.74, 6) is -0.561. The molecule has 0 aliphatic carbocycles. The van der Waals surface area contributed by atoms with E-state index in [9.17, 15) is 18.0 Å². The summed E-state index contributed by atoms with van der Waals surface area (Å²) in [5.41, 5.74) is 1.30. The van der Waals surface area contributed by atoms with Crippen LogP contribution in [0.15, 0.2) is 42.5 Å². The molecule has 202 valence electrons. The van der Waals surface area contributed by atoms with Crippen molar-refractivity contribution in [2.75, 3.05) is 33.3 Å². The fourth-order valence-electron chi connectivity index (χ4n) is 6.34. The first kappa shape index (κ1) is 26.9. The number of alkyl halides is 3. The summed E-state index contributed by atoms with van der Waals surface area (Å²) in [6.45, 7) is 4.24. The fraction of sp³-hybridized carbons (Fsp3) is 0.448. The zero-order valence-electron chi connectivity index (χ0n) is 21.4. The molecule has 38 heavy (non-hydrogen) atoms. The number of pyridine rings is 1. The van der Waals surface area contributed by atoms with Gasteiger partial charge in [-0.1, -0.05) is 29.8 Å². The molecule has 9 heteroatoms. The van der Waals surface area contributed by atoms with Gasteiger partial charge in [-0.25, -0.2) is 9.78 Å². The van der Waals surface area contributed by atoms with Gasteiger partial charge in [0.1, 0.15) is 6.54 Å². The summed E-state index contributed by atoms with van der Waals surface area (Å²) in [5, 5.41) is 4.28. The third-order valence-corrected chi connectivity index (χ3v) is 8.49. The molecule has 5 nitrogen and oxygen atoms in total. The number of carbonyl (C=O) groups excluding carboxylic acids is 1. The van der Waals surface area contributed by atoms with Gasteiger partial charge < -0.3 is 14.5 Å². The van der Waals surface area contributed by atoms with Gasteiger partial charge in [-0.05, 0) is 43.5 Å². The Morgan fingerprint density at radius 1 is 1.11 bits per heavy atom. The number of fused-ring (bicyclic) bond motifs is 1. The molecule has 1 N–H and O–H groups in total. The van der Waals surface area contributed by atoms with Crippen LogP contribution in [-0.2, 0) is 17.5 Å². The number of methoxy groups -OCH3 is 1. The average molecular weight is 547 g/mol. The largest absolute Gasteiger partial charge is 0.465 e. The maximum atomic E-state index is 13.7. The predicted molar refractivity (Wildman–Crippen MR) is 142 cm³/mol. The molecule has 2 aromatic carbocycles. The molecular weight excluding hydrogens is 515 g/mol. The number of carbonyl (C=O) groups is 1. The van der Waals surface area contributed by atoms with Crippen molar-refractivity contribution in [3.63, 3.8) is 0 Å². The van der Waals surface area contributed by atoms with Gasteiger partial charge in [-0.2, -0.15) is 13.2 Å². The Kier molecular flexibility index (Phi) is 7.67. The predicted octanol–water partition coefficient (Wildman–Crippen LogP) is 6.61. The zero-order valence-corrected chi connectivity index (χ0v) is 22.2. The van der Waals surface area contributed by atoms with E-state index in [1.807, 2.05) is 0 Å². The Labute approximate surface area is 225 Å². The van der Waals surface area contributed by atoms with Crippen LogP contribution in [0.5, 0.6) is 0 Å². The van der Waals surface area contributed by atoms with Gasteiger partial charge in [0, 0.05) is 42.4 Å². The van der Waals surface area contributed by atoms with Crippen molar-refractivity contribution in [3.05, 3.63) is 64.2 Å². The van der Waals surface area contributed by atoms with Crippen LogP contribution in [0.1, 0.15) is 53.6 Å². The number of hydrogen-bond donors (Lipinski definition) is 1. The number of ether oxygens (including phenoxy) is 1. The first-order valence-electron chi connectivity index (χ1n) is 13.2. The van der Waals surface area contributed by atoms with Gasteiger partial charge >= 0.3 is 12.1 Å². The lowest BCUT2D eigenvalue weighted by Gasteiger charge is -2.49. The van der Waals surface area contributed by atoms with E-state index < -0.39 is 17.7 Å². The number of likely N-dealkylation sites (tertiary alicyclic amines) is 1. The average Bonchev–Trinajstić information content (AvgIpc) is 2.93. The minimum atomic E-state index is -4.50. The van der Waals surface area contributed by atoms with Crippen LogP contribution in [0.4, 0.5) is 13.2 Å². The number of benzene rings is 2. The Balaban J connectivity index is 1.79. The molecule has 0 bridgehead atoms. The van der Waals surface area contributed by atoms with Crippen LogP contribution in [0.2, 0.25) is 5.02 Å². The summed E-state index contributed by atoms with van der Waals surface area (Å²) in [6.07, 6.45) is 0.799. The van der Waals surface area contributed by atoms with Crippen molar-refractivity contribution in [1.82, 2.24) is 10.3 Å². The second-order valence-corrected chi connectivity index (χ2v) is 10.8. The number of quaternary nitrogens is 1. The number of nitrogens with zero attached hydrogens (tertiary/aromatic N) is 2. The molecule has 0 spiro atoms. The maximum Gasteiger partial charge on any atom is 0.416 e. The molecule has 0 saturated carbocycles. The Hall–Kier alpha value is -2.68. The van der Waals surface area contributed by atoms with E-state index in [2.05, 4.69) is 5.32 Å². The highest BCUT2D eigenvalue weighted by Crippen LogP contribution is 2.40. The van der Waals surface area contributed by atoms with Crippen molar-refractivity contribution in [3.8, 4) is 11.3 Å². The Morgan fingerprint density at radius 3 is 2.50 bits per heavy atom. The number of esters is 1. The van der Waals surface area contributed by atoms with Gasteiger partial charge in [0.2, 0.25) is 0 Å². The Bertz CT molecular complexity index is 1330. The first-order chi connectivity index (χ1) is 18.2. The van der Waals surface area contributed by atoms with E-state index >= 15 is 0 Å². The molecule has 0 atom stereocenters. The number of nitrogens with one attached hydrogen (secondary N) is 1. The summed E-state index contributed by atoms with van der Waals surface area (Å²) in [4.78, 5) is 18.3. The van der Waals surface area contributed by atoms with Crippen LogP contribution in [0, 0.1) is 0 Å². The molecule has 5 rings (SSSR count). The van der Waals surface area contributed by atoms with Crippen LogP contribution in [0.3, 0.4) is 0 Å². The second-order valence-electron chi connectivity index (χ2n) is 10.4. The molecule has 2 saturated heterocycles. The van der Waals surface area contributed by atoms with Gasteiger partial charge in [-0.3, -0.25) is 0 Å². The third-order valence-electron chi connectivity index (χ3n) is 8.18. The highest BCUT2D eigenvalue weighted by molar-refractivity contribution is 6.36.